The van der Waals surface area contributed by atoms with Crippen molar-refractivity contribution in [1.29, 1.82) is 0 Å². The van der Waals surface area contributed by atoms with E-state index in [1.165, 1.54) is 0 Å². The van der Waals surface area contributed by atoms with Gasteiger partial charge < -0.3 is 0 Å². The molecule has 0 aromatic carbocycles. The Bertz CT molecular complexity index is 155. The van der Waals surface area contributed by atoms with Gasteiger partial charge in [-0.1, -0.05) is 0 Å². The molecule has 0 fully saturated rings. The summed E-state index contributed by atoms with van der Waals surface area (Å²) in [4.78, 5) is 4.80. The van der Waals surface area contributed by atoms with Crippen LogP contribution >= 0.6 is 0 Å². The molecule has 0 bridgehead atoms. The first-order valence-corrected chi connectivity index (χ1v) is 9.96. The normalized spacial score (nSPS) is 15.5. The SMILES string of the molecule is [CH3][Sn]([CH3])=[C]1C=CC=C1. The number of rotatable bonds is 0. The molecule has 1 rings (SSSR count). The molecular weight excluding hydrogens is 203 g/mol. The summed E-state index contributed by atoms with van der Waals surface area (Å²) < 4.78 is 1.63. The second kappa shape index (κ2) is 2.62. The van der Waals surface area contributed by atoms with Gasteiger partial charge in [0.15, 0.2) is 0 Å². The molecule has 0 spiro atoms. The fraction of sp³-hybridized carbons (Fsp3) is 0.286. The fourth-order valence-electron chi connectivity index (χ4n) is 0.707. The molecule has 1 heteroatoms. The van der Waals surface area contributed by atoms with Crippen molar-refractivity contribution in [3.8, 4) is 0 Å². The van der Waals surface area contributed by atoms with E-state index < -0.39 is 19.3 Å². The van der Waals surface area contributed by atoms with Crippen LogP contribution in [0.5, 0.6) is 0 Å². The molecule has 0 heterocycles. The quantitative estimate of drug-likeness (QED) is 0.536. The molecule has 0 N–H and O–H groups in total. The second-order valence-electron chi connectivity index (χ2n) is 2.17. The Balaban J connectivity index is 2.90. The van der Waals surface area contributed by atoms with Crippen molar-refractivity contribution in [2.24, 2.45) is 0 Å². The zero-order chi connectivity index (χ0) is 5.98. The van der Waals surface area contributed by atoms with E-state index in [9.17, 15) is 0 Å². The third-order valence-corrected chi connectivity index (χ3v) is 5.49. The molecule has 0 aromatic heterocycles. The van der Waals surface area contributed by atoms with Crippen molar-refractivity contribution in [3.05, 3.63) is 24.3 Å². The monoisotopic (exact) mass is 214 g/mol. The summed E-state index contributed by atoms with van der Waals surface area (Å²) in [7, 11) is 0. The van der Waals surface area contributed by atoms with E-state index in [-0.39, 0.29) is 0 Å². The third-order valence-electron chi connectivity index (χ3n) is 1.24. The van der Waals surface area contributed by atoms with E-state index in [0.717, 1.165) is 0 Å². The van der Waals surface area contributed by atoms with Gasteiger partial charge in [-0.25, -0.2) is 0 Å². The molecule has 0 amide bonds. The van der Waals surface area contributed by atoms with Crippen LogP contribution in [0.2, 0.25) is 9.88 Å². The predicted octanol–water partition coefficient (Wildman–Crippen LogP) is 1.62. The molecule has 0 aliphatic heterocycles. The maximum absolute atomic E-state index is 2.40. The molecule has 0 aromatic rings. The summed E-state index contributed by atoms with van der Waals surface area (Å²) in [5.41, 5.74) is 0. The van der Waals surface area contributed by atoms with Crippen LogP contribution in [0.25, 0.3) is 0 Å². The van der Waals surface area contributed by atoms with E-state index >= 15 is 0 Å². The van der Waals surface area contributed by atoms with Crippen LogP contribution in [0.1, 0.15) is 0 Å². The van der Waals surface area contributed by atoms with Crippen LogP contribution in [0.15, 0.2) is 24.3 Å². The average molecular weight is 213 g/mol. The summed E-state index contributed by atoms with van der Waals surface area (Å²) in [5, 5.41) is 0. The van der Waals surface area contributed by atoms with Gasteiger partial charge in [0.25, 0.3) is 0 Å². The van der Waals surface area contributed by atoms with E-state index in [1.807, 2.05) is 0 Å². The van der Waals surface area contributed by atoms with Crippen LogP contribution in [-0.2, 0) is 0 Å². The molecule has 8 heavy (non-hydrogen) atoms. The summed E-state index contributed by atoms with van der Waals surface area (Å²) in [5.74, 6) is 0. The van der Waals surface area contributed by atoms with Gasteiger partial charge in [0.05, 0.1) is 0 Å². The summed E-state index contributed by atoms with van der Waals surface area (Å²) in [6.07, 6.45) is 8.75. The van der Waals surface area contributed by atoms with Crippen molar-refractivity contribution < 1.29 is 0 Å². The molecule has 1 aliphatic carbocycles. The second-order valence-corrected chi connectivity index (χ2v) is 9.53. The topological polar surface area (TPSA) is 0 Å². The zero-order valence-corrected chi connectivity index (χ0v) is 8.16. The van der Waals surface area contributed by atoms with Crippen molar-refractivity contribution in [3.63, 3.8) is 0 Å². The third kappa shape index (κ3) is 1.31. The Kier molecular flexibility index (Phi) is 2.06. The van der Waals surface area contributed by atoms with Crippen molar-refractivity contribution in [2.45, 2.75) is 9.88 Å². The first-order chi connectivity index (χ1) is 3.80. The van der Waals surface area contributed by atoms with Crippen LogP contribution in [0, 0.1) is 0 Å². The first-order valence-electron chi connectivity index (χ1n) is 2.83. The number of allylic oxidation sites excluding steroid dienone is 4. The Labute approximate surface area is 57.1 Å². The van der Waals surface area contributed by atoms with E-state index in [2.05, 4.69) is 34.2 Å². The summed E-state index contributed by atoms with van der Waals surface area (Å²) in [6, 6.07) is 0. The van der Waals surface area contributed by atoms with Crippen LogP contribution in [0.4, 0.5) is 0 Å². The summed E-state index contributed by atoms with van der Waals surface area (Å²) in [6.45, 7) is 0. The van der Waals surface area contributed by atoms with Crippen LogP contribution < -0.4 is 0 Å². The van der Waals surface area contributed by atoms with Crippen molar-refractivity contribution in [2.75, 3.05) is 0 Å². The predicted molar refractivity (Wildman–Crippen MR) is 40.8 cm³/mol. The van der Waals surface area contributed by atoms with E-state index in [1.54, 1.807) is 3.52 Å². The van der Waals surface area contributed by atoms with Gasteiger partial charge in [0.1, 0.15) is 0 Å². The standard InChI is InChI=1S/C5H4.2CH3.Sn/c1-2-4-5-3-1;;;/h1-4H;2*1H3;. The number of hydrogen-bond donors (Lipinski definition) is 0. The zero-order valence-electron chi connectivity index (χ0n) is 5.31. The molecule has 0 saturated heterocycles. The summed E-state index contributed by atoms with van der Waals surface area (Å²) >= 11 is -0.965. The molecule has 0 radical (unpaired) electrons. The Morgan fingerprint density at radius 2 is 1.62 bits per heavy atom. The first kappa shape index (κ1) is 6.27. The van der Waals surface area contributed by atoms with Crippen molar-refractivity contribution >= 4 is 22.8 Å². The van der Waals surface area contributed by atoms with Crippen LogP contribution in [-0.4, -0.2) is 22.8 Å². The molecule has 42 valence electrons. The molecule has 0 unspecified atom stereocenters. The Morgan fingerprint density at radius 1 is 1.12 bits per heavy atom. The molecule has 1 aliphatic rings. The minimum absolute atomic E-state index is 0.965. The Hall–Kier alpha value is 0.149. The van der Waals surface area contributed by atoms with Gasteiger partial charge in [-0.2, -0.15) is 0 Å². The minimum atomic E-state index is -0.965. The van der Waals surface area contributed by atoms with Gasteiger partial charge >= 0.3 is 57.0 Å². The molecule has 0 saturated carbocycles. The molecule has 0 atom stereocenters. The van der Waals surface area contributed by atoms with E-state index in [0.29, 0.717) is 0 Å². The fourth-order valence-corrected chi connectivity index (χ4v) is 3.16. The molecular formula is C7H10Sn. The van der Waals surface area contributed by atoms with Crippen LogP contribution in [0.3, 0.4) is 0 Å². The number of hydrogen-bond acceptors (Lipinski definition) is 0. The van der Waals surface area contributed by atoms with Gasteiger partial charge in [0.2, 0.25) is 0 Å². The maximum atomic E-state index is 2.40. The van der Waals surface area contributed by atoms with Gasteiger partial charge in [0, 0.05) is 0 Å². The van der Waals surface area contributed by atoms with Gasteiger partial charge in [-0.15, -0.1) is 0 Å². The Morgan fingerprint density at radius 3 is 1.88 bits per heavy atom. The molecule has 0 nitrogen and oxygen atoms in total. The average Bonchev–Trinajstić information content (AvgIpc) is 2.12. The van der Waals surface area contributed by atoms with E-state index in [4.69, 9.17) is 0 Å². The van der Waals surface area contributed by atoms with Crippen molar-refractivity contribution in [1.82, 2.24) is 0 Å². The van der Waals surface area contributed by atoms with Gasteiger partial charge in [-0.05, 0) is 0 Å². The van der Waals surface area contributed by atoms with Gasteiger partial charge in [-0.3, -0.25) is 0 Å².